The third-order valence-corrected chi connectivity index (χ3v) is 8.08. The molecule has 0 saturated carbocycles. The molecule has 28 heavy (non-hydrogen) atoms. The van der Waals surface area contributed by atoms with Gasteiger partial charge in [-0.1, -0.05) is 18.2 Å². The molecule has 154 valence electrons. The summed E-state index contributed by atoms with van der Waals surface area (Å²) in [7, 11) is -3.46. The Morgan fingerprint density at radius 1 is 0.893 bits per heavy atom. The van der Waals surface area contributed by atoms with Crippen LogP contribution in [0.5, 0.6) is 0 Å². The van der Waals surface area contributed by atoms with Gasteiger partial charge >= 0.3 is 0 Å². The predicted molar refractivity (Wildman–Crippen MR) is 105 cm³/mol. The van der Waals surface area contributed by atoms with E-state index in [0.29, 0.717) is 37.1 Å². The summed E-state index contributed by atoms with van der Waals surface area (Å²) in [5.74, 6) is 0.220. The summed E-state index contributed by atoms with van der Waals surface area (Å²) < 4.78 is 32.6. The molecule has 3 aliphatic rings. The quantitative estimate of drug-likeness (QED) is 0.749. The number of nitrogens with zero attached hydrogens (tertiary/aromatic N) is 3. The highest BCUT2D eigenvalue weighted by atomic mass is 32.2. The van der Waals surface area contributed by atoms with Gasteiger partial charge in [-0.2, -0.15) is 4.31 Å². The average molecular weight is 408 g/mol. The van der Waals surface area contributed by atoms with Crippen molar-refractivity contribution in [2.24, 2.45) is 0 Å². The molecule has 1 aromatic rings. The van der Waals surface area contributed by atoms with Crippen molar-refractivity contribution >= 4 is 15.9 Å². The molecular formula is C20H29N3O4S. The van der Waals surface area contributed by atoms with Gasteiger partial charge in [-0.05, 0) is 37.8 Å². The van der Waals surface area contributed by atoms with Crippen LogP contribution in [0.3, 0.4) is 0 Å². The van der Waals surface area contributed by atoms with Crippen LogP contribution in [0.15, 0.2) is 35.2 Å². The van der Waals surface area contributed by atoms with Crippen molar-refractivity contribution in [1.82, 2.24) is 14.1 Å². The standard InChI is InChI=1S/C20H29N3O4S/c24-20-19(7-4-10-23(20)17-8-15-27-16-9-17)21-11-13-22(14-12-21)28(25,26)18-5-2-1-3-6-18/h1-3,5-6,17,19H,4,7-16H2/t19-/m1/s1. The Hall–Kier alpha value is -1.48. The molecule has 0 aliphatic carbocycles. The lowest BCUT2D eigenvalue weighted by Crippen LogP contribution is -2.60. The van der Waals surface area contributed by atoms with Crippen LogP contribution >= 0.6 is 0 Å². The molecule has 3 fully saturated rings. The second kappa shape index (κ2) is 8.49. The maximum Gasteiger partial charge on any atom is 0.243 e. The molecule has 0 N–H and O–H groups in total. The van der Waals surface area contributed by atoms with E-state index in [0.717, 1.165) is 45.4 Å². The Balaban J connectivity index is 1.38. The lowest BCUT2D eigenvalue weighted by atomic mass is 9.97. The minimum absolute atomic E-state index is 0.113. The van der Waals surface area contributed by atoms with Crippen LogP contribution in [0.4, 0.5) is 0 Å². The first-order valence-electron chi connectivity index (χ1n) is 10.2. The van der Waals surface area contributed by atoms with E-state index in [2.05, 4.69) is 9.80 Å². The van der Waals surface area contributed by atoms with E-state index < -0.39 is 10.0 Å². The molecule has 1 amide bonds. The average Bonchev–Trinajstić information content (AvgIpc) is 2.75. The number of amides is 1. The molecule has 8 heteroatoms. The van der Waals surface area contributed by atoms with Crippen LogP contribution in [0, 0.1) is 0 Å². The second-order valence-electron chi connectivity index (χ2n) is 7.79. The van der Waals surface area contributed by atoms with E-state index in [4.69, 9.17) is 4.74 Å². The molecule has 0 aromatic heterocycles. The lowest BCUT2D eigenvalue weighted by Gasteiger charge is -2.45. The Labute approximate surface area is 167 Å². The Morgan fingerprint density at radius 3 is 2.25 bits per heavy atom. The van der Waals surface area contributed by atoms with Crippen molar-refractivity contribution in [3.8, 4) is 0 Å². The summed E-state index contributed by atoms with van der Waals surface area (Å²) in [6.45, 7) is 4.36. The number of carbonyl (C=O) groups is 1. The number of carbonyl (C=O) groups excluding carboxylic acids is 1. The van der Waals surface area contributed by atoms with Crippen molar-refractivity contribution in [2.45, 2.75) is 42.7 Å². The summed E-state index contributed by atoms with van der Waals surface area (Å²) in [4.78, 5) is 17.7. The number of piperidine rings is 1. The van der Waals surface area contributed by atoms with Gasteiger partial charge in [-0.25, -0.2) is 8.42 Å². The Bertz CT molecular complexity index is 772. The fourth-order valence-corrected chi connectivity index (χ4v) is 6.02. The van der Waals surface area contributed by atoms with Crippen LogP contribution in [0.2, 0.25) is 0 Å². The van der Waals surface area contributed by atoms with Gasteiger partial charge in [0.15, 0.2) is 0 Å². The van der Waals surface area contributed by atoms with Crippen LogP contribution in [0.25, 0.3) is 0 Å². The number of hydrogen-bond donors (Lipinski definition) is 0. The van der Waals surface area contributed by atoms with Crippen LogP contribution in [-0.4, -0.2) is 86.5 Å². The highest BCUT2D eigenvalue weighted by Gasteiger charge is 2.39. The molecule has 1 atom stereocenters. The molecule has 0 bridgehead atoms. The topological polar surface area (TPSA) is 70.2 Å². The first-order chi connectivity index (χ1) is 13.6. The molecule has 3 aliphatic heterocycles. The zero-order chi connectivity index (χ0) is 19.6. The van der Waals surface area contributed by atoms with Crippen LogP contribution in [-0.2, 0) is 19.6 Å². The number of piperazine rings is 1. The van der Waals surface area contributed by atoms with Crippen LogP contribution < -0.4 is 0 Å². The highest BCUT2D eigenvalue weighted by Crippen LogP contribution is 2.25. The Morgan fingerprint density at radius 2 is 1.57 bits per heavy atom. The predicted octanol–water partition coefficient (Wildman–Crippen LogP) is 1.16. The third kappa shape index (κ3) is 3.96. The van der Waals surface area contributed by atoms with E-state index >= 15 is 0 Å². The van der Waals surface area contributed by atoms with Gasteiger partial charge in [-0.15, -0.1) is 0 Å². The smallest absolute Gasteiger partial charge is 0.243 e. The van der Waals surface area contributed by atoms with E-state index in [-0.39, 0.29) is 11.9 Å². The van der Waals surface area contributed by atoms with E-state index in [1.165, 1.54) is 0 Å². The number of hydrogen-bond acceptors (Lipinski definition) is 5. The number of rotatable bonds is 4. The van der Waals surface area contributed by atoms with E-state index in [1.54, 1.807) is 28.6 Å². The third-order valence-electron chi connectivity index (χ3n) is 6.17. The molecule has 3 saturated heterocycles. The summed E-state index contributed by atoms with van der Waals surface area (Å²) in [6, 6.07) is 8.76. The monoisotopic (exact) mass is 407 g/mol. The maximum atomic E-state index is 13.1. The number of likely N-dealkylation sites (tertiary alicyclic amines) is 1. The Kier molecular flexibility index (Phi) is 6.01. The zero-order valence-electron chi connectivity index (χ0n) is 16.2. The molecule has 1 aromatic carbocycles. The lowest BCUT2D eigenvalue weighted by molar-refractivity contribution is -0.145. The number of ether oxygens (including phenoxy) is 1. The summed E-state index contributed by atoms with van der Waals surface area (Å²) in [5, 5.41) is 0. The van der Waals surface area contributed by atoms with E-state index in [9.17, 15) is 13.2 Å². The normalized spacial score (nSPS) is 26.5. The van der Waals surface area contributed by atoms with Crippen molar-refractivity contribution < 1.29 is 17.9 Å². The summed E-state index contributed by atoms with van der Waals surface area (Å²) in [6.07, 6.45) is 3.71. The number of benzene rings is 1. The molecule has 0 spiro atoms. The molecule has 3 heterocycles. The van der Waals surface area contributed by atoms with Gasteiger partial charge in [-0.3, -0.25) is 9.69 Å². The SMILES string of the molecule is O=C1[C@H](N2CCN(S(=O)(=O)c3ccccc3)CC2)CCCN1C1CCOCC1. The summed E-state index contributed by atoms with van der Waals surface area (Å²) in [5.41, 5.74) is 0. The van der Waals surface area contributed by atoms with Gasteiger partial charge in [0, 0.05) is 52.0 Å². The molecular weight excluding hydrogens is 378 g/mol. The maximum absolute atomic E-state index is 13.1. The van der Waals surface area contributed by atoms with Gasteiger partial charge in [0.25, 0.3) is 0 Å². The van der Waals surface area contributed by atoms with Gasteiger partial charge in [0.2, 0.25) is 15.9 Å². The van der Waals surface area contributed by atoms with Crippen molar-refractivity contribution in [3.05, 3.63) is 30.3 Å². The van der Waals surface area contributed by atoms with E-state index in [1.807, 2.05) is 6.07 Å². The molecule has 4 rings (SSSR count). The number of sulfonamides is 1. The molecule has 0 unspecified atom stereocenters. The first-order valence-corrected chi connectivity index (χ1v) is 11.7. The molecule has 0 radical (unpaired) electrons. The highest BCUT2D eigenvalue weighted by molar-refractivity contribution is 7.89. The van der Waals surface area contributed by atoms with Gasteiger partial charge in [0.05, 0.1) is 10.9 Å². The van der Waals surface area contributed by atoms with Crippen molar-refractivity contribution in [3.63, 3.8) is 0 Å². The fraction of sp³-hybridized carbons (Fsp3) is 0.650. The zero-order valence-corrected chi connectivity index (χ0v) is 17.0. The minimum atomic E-state index is -3.46. The fourth-order valence-electron chi connectivity index (χ4n) is 4.58. The van der Waals surface area contributed by atoms with Gasteiger partial charge < -0.3 is 9.64 Å². The van der Waals surface area contributed by atoms with Crippen LogP contribution in [0.1, 0.15) is 25.7 Å². The minimum Gasteiger partial charge on any atom is -0.381 e. The van der Waals surface area contributed by atoms with Crippen molar-refractivity contribution in [1.29, 1.82) is 0 Å². The summed E-state index contributed by atoms with van der Waals surface area (Å²) >= 11 is 0. The van der Waals surface area contributed by atoms with Crippen molar-refractivity contribution in [2.75, 3.05) is 45.9 Å². The first kappa shape index (κ1) is 19.8. The largest absolute Gasteiger partial charge is 0.381 e. The molecule has 7 nitrogen and oxygen atoms in total. The second-order valence-corrected chi connectivity index (χ2v) is 9.72. The van der Waals surface area contributed by atoms with Gasteiger partial charge in [0.1, 0.15) is 0 Å².